The van der Waals surface area contributed by atoms with Crippen LogP contribution in [0.3, 0.4) is 0 Å². The van der Waals surface area contributed by atoms with Gasteiger partial charge in [-0.3, -0.25) is 9.78 Å². The first-order valence-corrected chi connectivity index (χ1v) is 7.70. The number of allylic oxidation sites excluding steroid dienone is 2. The summed E-state index contributed by atoms with van der Waals surface area (Å²) in [5.41, 5.74) is 4.16. The topological polar surface area (TPSA) is 47.3 Å². The summed E-state index contributed by atoms with van der Waals surface area (Å²) in [6, 6.07) is 10.0. The third kappa shape index (κ3) is 1.61. The molecule has 5 rings (SSSR count). The predicted octanol–water partition coefficient (Wildman–Crippen LogP) is 1.77. The number of pyridine rings is 2. The molecule has 0 saturated heterocycles. The number of nitrogens with one attached hydrogen (secondary N) is 1. The third-order valence-electron chi connectivity index (χ3n) is 4.67. The monoisotopic (exact) mass is 300 g/mol. The second kappa shape index (κ2) is 4.33. The van der Waals surface area contributed by atoms with Crippen LogP contribution in [0.4, 0.5) is 0 Å². The summed E-state index contributed by atoms with van der Waals surface area (Å²) in [5, 5.41) is 3.00. The van der Waals surface area contributed by atoms with Crippen molar-refractivity contribution in [1.29, 1.82) is 0 Å². The minimum atomic E-state index is 0.0406. The quantitative estimate of drug-likeness (QED) is 0.644. The van der Waals surface area contributed by atoms with Gasteiger partial charge in [-0.25, -0.2) is 4.98 Å². The van der Waals surface area contributed by atoms with Crippen molar-refractivity contribution in [2.75, 3.05) is 13.6 Å². The number of likely N-dealkylation sites (N-methyl/N-ethyl adjacent to an activating group) is 1. The molecule has 0 fully saturated rings. The maximum absolute atomic E-state index is 12.9. The number of aromatic nitrogens is 2. The van der Waals surface area contributed by atoms with Crippen LogP contribution in [0.25, 0.3) is 27.2 Å². The first-order valence-electron chi connectivity index (χ1n) is 7.70. The van der Waals surface area contributed by atoms with E-state index in [9.17, 15) is 4.79 Å². The Labute approximate surface area is 132 Å². The van der Waals surface area contributed by atoms with Crippen LogP contribution in [-0.4, -0.2) is 29.3 Å². The van der Waals surface area contributed by atoms with Gasteiger partial charge in [0.05, 0.1) is 30.0 Å². The van der Waals surface area contributed by atoms with E-state index in [4.69, 9.17) is 4.98 Å². The molecule has 3 aromatic rings. The van der Waals surface area contributed by atoms with E-state index < -0.39 is 0 Å². The second-order valence-corrected chi connectivity index (χ2v) is 6.14. The van der Waals surface area contributed by atoms with Crippen LogP contribution in [0.15, 0.2) is 54.4 Å². The van der Waals surface area contributed by atoms with E-state index in [-0.39, 0.29) is 5.78 Å². The number of Topliss-reactive ketones (excluding diaryl/α,β-unsaturated/α-hetero) is 1. The molecule has 0 spiro atoms. The molecule has 0 amide bonds. The molecule has 1 aliphatic heterocycles. The molecule has 4 nitrogen and oxygen atoms in total. The Morgan fingerprint density at radius 2 is 1.96 bits per heavy atom. The zero-order valence-corrected chi connectivity index (χ0v) is 12.6. The number of rotatable bonds is 0. The molecular weight excluding hydrogens is 286 g/mol. The first-order chi connectivity index (χ1) is 11.2. The summed E-state index contributed by atoms with van der Waals surface area (Å²) in [6.07, 6.45) is 5.83. The summed E-state index contributed by atoms with van der Waals surface area (Å²) in [4.78, 5) is 23.4. The Kier molecular flexibility index (Phi) is 2.39. The normalized spacial score (nSPS) is 19.5. The van der Waals surface area contributed by atoms with Crippen molar-refractivity contribution < 1.29 is 9.69 Å². The number of nitrogens with zero attached hydrogens (tertiary/aromatic N) is 2. The highest BCUT2D eigenvalue weighted by Gasteiger charge is 2.33. The zero-order chi connectivity index (χ0) is 15.6. The van der Waals surface area contributed by atoms with E-state index in [0.717, 1.165) is 38.5 Å². The Bertz CT molecular complexity index is 1080. The fourth-order valence-corrected chi connectivity index (χ4v) is 3.59. The van der Waals surface area contributed by atoms with Crippen molar-refractivity contribution in [1.82, 2.24) is 9.97 Å². The van der Waals surface area contributed by atoms with E-state index in [1.54, 1.807) is 6.20 Å². The smallest absolute Gasteiger partial charge is 0.214 e. The average Bonchev–Trinajstić information content (AvgIpc) is 2.59. The number of hydrogen-bond donors (Lipinski definition) is 1. The molecule has 4 heteroatoms. The molecule has 1 aliphatic carbocycles. The summed E-state index contributed by atoms with van der Waals surface area (Å²) in [6.45, 7) is 0.677. The van der Waals surface area contributed by atoms with Crippen LogP contribution in [0.2, 0.25) is 0 Å². The van der Waals surface area contributed by atoms with Crippen molar-refractivity contribution in [2.45, 2.75) is 0 Å². The summed E-state index contributed by atoms with van der Waals surface area (Å²) in [7, 11) is 2.05. The number of ketones is 1. The maximum atomic E-state index is 12.9. The Hall–Kier alpha value is -2.85. The van der Waals surface area contributed by atoms with Crippen LogP contribution < -0.4 is 4.90 Å². The predicted molar refractivity (Wildman–Crippen MR) is 89.2 cm³/mol. The molecule has 1 unspecified atom stereocenters. The van der Waals surface area contributed by atoms with Gasteiger partial charge >= 0.3 is 0 Å². The zero-order valence-electron chi connectivity index (χ0n) is 12.6. The van der Waals surface area contributed by atoms with Gasteiger partial charge in [0.2, 0.25) is 5.78 Å². The largest absolute Gasteiger partial charge is 0.307 e. The minimum Gasteiger partial charge on any atom is -0.307 e. The Balaban J connectivity index is 1.99. The molecule has 23 heavy (non-hydrogen) atoms. The van der Waals surface area contributed by atoms with E-state index in [1.165, 1.54) is 4.90 Å². The summed E-state index contributed by atoms with van der Waals surface area (Å²) >= 11 is 0. The second-order valence-electron chi connectivity index (χ2n) is 6.14. The van der Waals surface area contributed by atoms with Crippen LogP contribution in [0.1, 0.15) is 16.2 Å². The van der Waals surface area contributed by atoms with Gasteiger partial charge < -0.3 is 4.90 Å². The van der Waals surface area contributed by atoms with Gasteiger partial charge in [0.25, 0.3) is 0 Å². The van der Waals surface area contributed by atoms with Crippen LogP contribution in [-0.2, 0) is 0 Å². The van der Waals surface area contributed by atoms with Gasteiger partial charge in [-0.05, 0) is 17.5 Å². The number of carbonyl (C=O) groups is 1. The standard InChI is InChI=1S/C19H13N3O/c1-22-9-7-13-14(10-22)19(23)18-16-12(6-8-20-18)11-4-2-3-5-15(11)21-17(13)16/h2-9H,10H2,1H3/p+1. The lowest BCUT2D eigenvalue weighted by molar-refractivity contribution is -0.819. The lowest BCUT2D eigenvalue weighted by Gasteiger charge is -2.24. The summed E-state index contributed by atoms with van der Waals surface area (Å²) < 4.78 is 0. The number of carbonyl (C=O) groups excluding carboxylic acids is 1. The van der Waals surface area contributed by atoms with Crippen LogP contribution in [0.5, 0.6) is 0 Å². The van der Waals surface area contributed by atoms with E-state index >= 15 is 0 Å². The molecule has 1 atom stereocenters. The number of benzene rings is 1. The van der Waals surface area contributed by atoms with Gasteiger partial charge in [0.1, 0.15) is 12.2 Å². The van der Waals surface area contributed by atoms with Gasteiger partial charge in [-0.1, -0.05) is 18.2 Å². The van der Waals surface area contributed by atoms with Gasteiger partial charge in [-0.15, -0.1) is 0 Å². The van der Waals surface area contributed by atoms with Crippen LogP contribution in [0, 0.1) is 0 Å². The van der Waals surface area contributed by atoms with Gasteiger partial charge in [-0.2, -0.15) is 0 Å². The highest BCUT2D eigenvalue weighted by Crippen LogP contribution is 2.38. The van der Waals surface area contributed by atoms with Crippen molar-refractivity contribution in [2.24, 2.45) is 0 Å². The molecule has 2 aliphatic rings. The highest BCUT2D eigenvalue weighted by atomic mass is 16.1. The fraction of sp³-hybridized carbons (Fsp3) is 0.105. The maximum Gasteiger partial charge on any atom is 0.214 e. The SMILES string of the molecule is C[NH+]1C=CC2=C(C1)C(=O)c1nccc3c1c2nc1ccccc13. The molecule has 1 N–H and O–H groups in total. The third-order valence-corrected chi connectivity index (χ3v) is 4.67. The Morgan fingerprint density at radius 1 is 1.09 bits per heavy atom. The summed E-state index contributed by atoms with van der Waals surface area (Å²) in [5.74, 6) is 0.0406. The molecule has 110 valence electrons. The lowest BCUT2D eigenvalue weighted by atomic mass is 9.86. The van der Waals surface area contributed by atoms with E-state index in [0.29, 0.717) is 12.2 Å². The van der Waals surface area contributed by atoms with E-state index in [1.807, 2.05) is 43.5 Å². The lowest BCUT2D eigenvalue weighted by Crippen LogP contribution is -3.05. The molecule has 0 radical (unpaired) electrons. The van der Waals surface area contributed by atoms with Crippen molar-refractivity contribution >= 4 is 33.0 Å². The molecular formula is C19H14N3O+. The highest BCUT2D eigenvalue weighted by molar-refractivity contribution is 6.27. The minimum absolute atomic E-state index is 0.0406. The molecule has 2 aromatic heterocycles. The number of hydrogen-bond acceptors (Lipinski definition) is 3. The van der Waals surface area contributed by atoms with Gasteiger partial charge in [0, 0.05) is 28.6 Å². The van der Waals surface area contributed by atoms with Gasteiger partial charge in [0.15, 0.2) is 0 Å². The number of fused-ring (bicyclic) bond motifs is 3. The number of para-hydroxylation sites is 1. The molecule has 3 heterocycles. The fourth-order valence-electron chi connectivity index (χ4n) is 3.59. The molecule has 0 bridgehead atoms. The van der Waals surface area contributed by atoms with Crippen molar-refractivity contribution in [3.63, 3.8) is 0 Å². The molecule has 1 aromatic carbocycles. The van der Waals surface area contributed by atoms with Crippen molar-refractivity contribution in [3.05, 3.63) is 65.8 Å². The Morgan fingerprint density at radius 3 is 2.87 bits per heavy atom. The van der Waals surface area contributed by atoms with E-state index in [2.05, 4.69) is 11.2 Å². The molecule has 0 saturated carbocycles. The number of quaternary nitrogens is 1. The average molecular weight is 300 g/mol. The van der Waals surface area contributed by atoms with Crippen molar-refractivity contribution in [3.8, 4) is 0 Å². The first kappa shape index (κ1) is 12.7. The van der Waals surface area contributed by atoms with Crippen LogP contribution >= 0.6 is 0 Å².